The number of fused-ring (bicyclic) bond motifs is 19. The minimum Gasteiger partial charge on any atom is -0.457 e. The number of para-hydroxylation sites is 2. The van der Waals surface area contributed by atoms with Crippen LogP contribution in [0.4, 0.5) is 0 Å². The summed E-state index contributed by atoms with van der Waals surface area (Å²) in [4.78, 5) is 11.0. The van der Waals surface area contributed by atoms with Gasteiger partial charge in [-0.25, -0.2) is 9.97 Å². The van der Waals surface area contributed by atoms with E-state index in [0.29, 0.717) is 0 Å². The second-order valence-corrected chi connectivity index (χ2v) is 17.4. The van der Waals surface area contributed by atoms with Gasteiger partial charge in [0.1, 0.15) is 11.5 Å². The molecular weight excluding hydrogens is 761 g/mol. The Morgan fingerprint density at radius 2 is 0.951 bits per heavy atom. The maximum Gasteiger partial charge on any atom is 0.160 e. The summed E-state index contributed by atoms with van der Waals surface area (Å²) < 4.78 is 8.96. The van der Waals surface area contributed by atoms with Crippen LogP contribution >= 0.6 is 11.3 Å². The van der Waals surface area contributed by atoms with Crippen molar-refractivity contribution in [3.63, 3.8) is 0 Å². The maximum absolute atomic E-state index is 6.66. The van der Waals surface area contributed by atoms with Gasteiger partial charge < -0.3 is 4.74 Å². The average Bonchev–Trinajstić information content (AvgIpc) is 3.83. The molecule has 0 N–H and O–H groups in total. The molecule has 4 heteroatoms. The van der Waals surface area contributed by atoms with Crippen LogP contribution in [0.15, 0.2) is 194 Å². The van der Waals surface area contributed by atoms with Gasteiger partial charge in [0.05, 0.1) is 21.3 Å². The first-order valence-electron chi connectivity index (χ1n) is 20.8. The number of hydrogen-bond acceptors (Lipinski definition) is 4. The van der Waals surface area contributed by atoms with E-state index in [0.717, 1.165) is 60.9 Å². The van der Waals surface area contributed by atoms with Gasteiger partial charge in [0, 0.05) is 32.3 Å². The molecule has 1 aliphatic carbocycles. The molecule has 2 aromatic heterocycles. The molecule has 61 heavy (non-hydrogen) atoms. The first-order chi connectivity index (χ1) is 30.2. The summed E-state index contributed by atoms with van der Waals surface area (Å²) in [6.45, 7) is 0. The molecule has 10 aromatic carbocycles. The zero-order valence-corrected chi connectivity index (χ0v) is 33.5. The quantitative estimate of drug-likeness (QED) is 0.164. The van der Waals surface area contributed by atoms with Crippen molar-refractivity contribution >= 4 is 74.7 Å². The number of ether oxygens (including phenoxy) is 1. The fourth-order valence-electron chi connectivity index (χ4n) is 10.7. The van der Waals surface area contributed by atoms with Crippen molar-refractivity contribution in [2.45, 2.75) is 5.41 Å². The SMILES string of the molecule is c1ccc2c(c1)Oc1ccccc1C21c2ccc(-c3nc(-c4ccc5c6ccccc6c6ccccc6c5c4)nc4c3sc3ccccc34)cc2-c2cc3ccccc3cc21. The predicted octanol–water partition coefficient (Wildman–Crippen LogP) is 15.3. The Bertz CT molecular complexity index is 3800. The van der Waals surface area contributed by atoms with E-state index in [2.05, 4.69) is 194 Å². The number of thiophene rings is 1. The van der Waals surface area contributed by atoms with Crippen molar-refractivity contribution < 1.29 is 4.74 Å². The third kappa shape index (κ3) is 4.47. The highest BCUT2D eigenvalue weighted by Gasteiger charge is 2.51. The Labute approximate surface area is 354 Å². The molecule has 2 aliphatic rings. The van der Waals surface area contributed by atoms with Crippen molar-refractivity contribution in [2.24, 2.45) is 0 Å². The van der Waals surface area contributed by atoms with Crippen LogP contribution in [-0.4, -0.2) is 9.97 Å². The monoisotopic (exact) mass is 792 g/mol. The van der Waals surface area contributed by atoms with Crippen LogP contribution in [0.25, 0.3) is 97.2 Å². The Morgan fingerprint density at radius 3 is 1.67 bits per heavy atom. The average molecular weight is 793 g/mol. The molecule has 0 bridgehead atoms. The molecule has 3 nitrogen and oxygen atoms in total. The Balaban J connectivity index is 1.05. The summed E-state index contributed by atoms with van der Waals surface area (Å²) in [7, 11) is 0. The van der Waals surface area contributed by atoms with E-state index in [9.17, 15) is 0 Å². The maximum atomic E-state index is 6.66. The molecule has 1 spiro atoms. The van der Waals surface area contributed by atoms with E-state index in [4.69, 9.17) is 14.7 Å². The second-order valence-electron chi connectivity index (χ2n) is 16.4. The van der Waals surface area contributed by atoms with E-state index in [1.807, 2.05) is 0 Å². The molecule has 0 atom stereocenters. The van der Waals surface area contributed by atoms with Crippen LogP contribution in [0.1, 0.15) is 22.3 Å². The summed E-state index contributed by atoms with van der Waals surface area (Å²) in [5.74, 6) is 2.50. The molecule has 0 saturated carbocycles. The topological polar surface area (TPSA) is 35.0 Å². The normalized spacial score (nSPS) is 13.5. The lowest BCUT2D eigenvalue weighted by molar-refractivity contribution is 0.436. The van der Waals surface area contributed by atoms with Crippen molar-refractivity contribution in [3.05, 3.63) is 216 Å². The largest absolute Gasteiger partial charge is 0.457 e. The molecule has 0 fully saturated rings. The van der Waals surface area contributed by atoms with Gasteiger partial charge in [-0.2, -0.15) is 0 Å². The van der Waals surface area contributed by atoms with Gasteiger partial charge in [0.2, 0.25) is 0 Å². The number of aromatic nitrogens is 2. The summed E-state index contributed by atoms with van der Waals surface area (Å²) in [6.07, 6.45) is 0. The lowest BCUT2D eigenvalue weighted by Gasteiger charge is -2.39. The standard InChI is InChI=1S/C57H32N2OS/c1-2-14-34-32-49-45(29-33(34)13-1)44-30-35(26-28-46(44)57(49)47-20-8-10-22-50(47)60-51-23-11-9-21-48(51)57)53-55-54(42-19-7-12-24-52(42)61-55)59-56(58-53)36-25-27-41-39-17-4-3-15-37(39)38-16-5-6-18-40(38)43(41)31-36/h1-32H. The molecule has 14 rings (SSSR count). The van der Waals surface area contributed by atoms with Gasteiger partial charge in [0.15, 0.2) is 5.82 Å². The third-order valence-corrected chi connectivity index (χ3v) is 14.5. The van der Waals surface area contributed by atoms with E-state index in [1.54, 1.807) is 11.3 Å². The predicted molar refractivity (Wildman–Crippen MR) is 253 cm³/mol. The number of nitrogens with zero attached hydrogens (tertiary/aromatic N) is 2. The molecule has 3 heterocycles. The van der Waals surface area contributed by atoms with E-state index < -0.39 is 5.41 Å². The van der Waals surface area contributed by atoms with Crippen LogP contribution in [0.5, 0.6) is 11.5 Å². The van der Waals surface area contributed by atoms with Gasteiger partial charge in [0.25, 0.3) is 0 Å². The summed E-state index contributed by atoms with van der Waals surface area (Å²) >= 11 is 1.78. The number of hydrogen-bond donors (Lipinski definition) is 0. The van der Waals surface area contributed by atoms with Gasteiger partial charge in [-0.15, -0.1) is 11.3 Å². The molecular formula is C57H32N2OS. The van der Waals surface area contributed by atoms with Crippen LogP contribution in [0.2, 0.25) is 0 Å². The molecule has 1 aliphatic heterocycles. The zero-order valence-electron chi connectivity index (χ0n) is 32.7. The minimum absolute atomic E-state index is 0.569. The highest BCUT2D eigenvalue weighted by atomic mass is 32.1. The summed E-state index contributed by atoms with van der Waals surface area (Å²) in [5, 5.41) is 11.0. The van der Waals surface area contributed by atoms with E-state index >= 15 is 0 Å². The lowest BCUT2D eigenvalue weighted by atomic mass is 9.66. The molecule has 0 unspecified atom stereocenters. The lowest BCUT2D eigenvalue weighted by Crippen LogP contribution is -2.32. The van der Waals surface area contributed by atoms with E-state index in [-0.39, 0.29) is 0 Å². The fraction of sp³-hybridized carbons (Fsp3) is 0.0175. The van der Waals surface area contributed by atoms with Crippen molar-refractivity contribution in [2.75, 3.05) is 0 Å². The van der Waals surface area contributed by atoms with Crippen LogP contribution in [-0.2, 0) is 5.41 Å². The zero-order chi connectivity index (χ0) is 39.8. The first kappa shape index (κ1) is 33.2. The second kappa shape index (κ2) is 12.2. The fourth-order valence-corrected chi connectivity index (χ4v) is 11.9. The minimum atomic E-state index is -0.569. The highest BCUT2D eigenvalue weighted by molar-refractivity contribution is 7.26. The Hall–Kier alpha value is -7.66. The van der Waals surface area contributed by atoms with Gasteiger partial charge >= 0.3 is 0 Å². The summed E-state index contributed by atoms with van der Waals surface area (Å²) in [5.41, 5.74) is 10.7. The first-order valence-corrected chi connectivity index (χ1v) is 21.6. The van der Waals surface area contributed by atoms with Gasteiger partial charge in [-0.05, 0) is 108 Å². The molecule has 0 saturated heterocycles. The number of benzene rings is 10. The van der Waals surface area contributed by atoms with Crippen LogP contribution < -0.4 is 4.74 Å². The summed E-state index contributed by atoms with van der Waals surface area (Å²) in [6, 6.07) is 70.6. The van der Waals surface area contributed by atoms with Gasteiger partial charge in [-0.1, -0.05) is 152 Å². The third-order valence-electron chi connectivity index (χ3n) is 13.3. The number of rotatable bonds is 2. The highest BCUT2D eigenvalue weighted by Crippen LogP contribution is 2.63. The molecule has 12 aromatic rings. The van der Waals surface area contributed by atoms with Crippen LogP contribution in [0.3, 0.4) is 0 Å². The molecule has 282 valence electrons. The smallest absolute Gasteiger partial charge is 0.160 e. The Morgan fingerprint density at radius 1 is 0.393 bits per heavy atom. The van der Waals surface area contributed by atoms with Gasteiger partial charge in [-0.3, -0.25) is 0 Å². The molecule has 0 radical (unpaired) electrons. The van der Waals surface area contributed by atoms with E-state index in [1.165, 1.54) is 70.0 Å². The van der Waals surface area contributed by atoms with Crippen molar-refractivity contribution in [1.82, 2.24) is 9.97 Å². The van der Waals surface area contributed by atoms with Crippen molar-refractivity contribution in [1.29, 1.82) is 0 Å². The Kier molecular flexibility index (Phi) is 6.64. The molecule has 0 amide bonds. The van der Waals surface area contributed by atoms with Crippen LogP contribution in [0, 0.1) is 0 Å². The van der Waals surface area contributed by atoms with Crippen molar-refractivity contribution in [3.8, 4) is 45.3 Å².